The van der Waals surface area contributed by atoms with Crippen molar-refractivity contribution in [2.75, 3.05) is 33.0 Å². The Bertz CT molecular complexity index is 78.7. The van der Waals surface area contributed by atoms with Gasteiger partial charge < -0.3 is 14.6 Å². The van der Waals surface area contributed by atoms with Crippen LogP contribution in [0.25, 0.3) is 0 Å². The van der Waals surface area contributed by atoms with Crippen molar-refractivity contribution < 1.29 is 14.6 Å². The zero-order valence-electron chi connectivity index (χ0n) is 7.38. The molecule has 0 saturated carbocycles. The SMILES string of the molecule is CC(C)COCCOCCO.[CaH2]. The molecule has 0 heterocycles. The van der Waals surface area contributed by atoms with E-state index in [1.807, 2.05) is 0 Å². The summed E-state index contributed by atoms with van der Waals surface area (Å²) >= 11 is 0. The molecule has 0 aromatic rings. The zero-order valence-corrected chi connectivity index (χ0v) is 7.38. The van der Waals surface area contributed by atoms with E-state index in [-0.39, 0.29) is 44.3 Å². The predicted molar refractivity (Wildman–Crippen MR) is 52.1 cm³/mol. The molecule has 0 aromatic heterocycles. The van der Waals surface area contributed by atoms with E-state index in [2.05, 4.69) is 13.8 Å². The van der Waals surface area contributed by atoms with Gasteiger partial charge in [-0.05, 0) is 5.92 Å². The van der Waals surface area contributed by atoms with Gasteiger partial charge >= 0.3 is 37.7 Å². The van der Waals surface area contributed by atoms with Crippen LogP contribution in [-0.2, 0) is 9.47 Å². The third-order valence-corrected chi connectivity index (χ3v) is 1.06. The second-order valence-electron chi connectivity index (χ2n) is 2.80. The first-order valence-electron chi connectivity index (χ1n) is 4.03. The summed E-state index contributed by atoms with van der Waals surface area (Å²) < 4.78 is 10.2. The quantitative estimate of drug-likeness (QED) is 0.459. The van der Waals surface area contributed by atoms with Crippen molar-refractivity contribution in [2.45, 2.75) is 13.8 Å². The molecule has 12 heavy (non-hydrogen) atoms. The number of ether oxygens (including phenoxy) is 2. The number of hydrogen-bond donors (Lipinski definition) is 1. The Morgan fingerprint density at radius 1 is 1.08 bits per heavy atom. The fraction of sp³-hybridized carbons (Fsp3) is 1.00. The van der Waals surface area contributed by atoms with E-state index in [0.29, 0.717) is 25.7 Å². The second-order valence-corrected chi connectivity index (χ2v) is 2.80. The van der Waals surface area contributed by atoms with Crippen molar-refractivity contribution in [1.29, 1.82) is 0 Å². The van der Waals surface area contributed by atoms with Gasteiger partial charge in [0.05, 0.1) is 26.4 Å². The van der Waals surface area contributed by atoms with E-state index < -0.39 is 0 Å². The maximum absolute atomic E-state index is 8.35. The van der Waals surface area contributed by atoms with Crippen molar-refractivity contribution in [2.24, 2.45) is 5.92 Å². The Morgan fingerprint density at radius 3 is 2.17 bits per heavy atom. The minimum absolute atomic E-state index is 0. The Hall–Kier alpha value is 1.14. The molecule has 0 aliphatic rings. The third kappa shape index (κ3) is 13.7. The van der Waals surface area contributed by atoms with Crippen LogP contribution < -0.4 is 0 Å². The molecule has 0 fully saturated rings. The van der Waals surface area contributed by atoms with Gasteiger partial charge in [-0.15, -0.1) is 0 Å². The molecule has 3 nitrogen and oxygen atoms in total. The van der Waals surface area contributed by atoms with Gasteiger partial charge in [0.15, 0.2) is 0 Å². The topological polar surface area (TPSA) is 38.7 Å². The molecule has 0 aliphatic carbocycles. The molecule has 0 aromatic carbocycles. The Kier molecular flexibility index (Phi) is 15.8. The molecule has 72 valence electrons. The van der Waals surface area contributed by atoms with Crippen molar-refractivity contribution >= 4 is 37.7 Å². The Morgan fingerprint density at radius 2 is 1.67 bits per heavy atom. The van der Waals surface area contributed by atoms with Gasteiger partial charge in [-0.2, -0.15) is 0 Å². The van der Waals surface area contributed by atoms with Crippen LogP contribution in [0.3, 0.4) is 0 Å². The molecule has 0 bridgehead atoms. The molecule has 0 amide bonds. The first-order valence-corrected chi connectivity index (χ1v) is 4.03. The summed E-state index contributed by atoms with van der Waals surface area (Å²) in [7, 11) is 0. The summed E-state index contributed by atoms with van der Waals surface area (Å²) in [5.74, 6) is 0.577. The van der Waals surface area contributed by atoms with Crippen LogP contribution in [0.15, 0.2) is 0 Å². The monoisotopic (exact) mass is 204 g/mol. The summed E-state index contributed by atoms with van der Waals surface area (Å²) in [6, 6.07) is 0. The van der Waals surface area contributed by atoms with Gasteiger partial charge in [-0.3, -0.25) is 0 Å². The number of aliphatic hydroxyl groups is 1. The summed E-state index contributed by atoms with van der Waals surface area (Å²) in [5, 5.41) is 8.35. The molecular weight excluding hydrogens is 184 g/mol. The third-order valence-electron chi connectivity index (χ3n) is 1.06. The standard InChI is InChI=1S/C8H18O3.Ca.2H/c1-8(2)7-11-6-5-10-4-3-9;;;/h8-9H,3-7H2,1-2H3;;;. The van der Waals surface area contributed by atoms with Crippen molar-refractivity contribution in [3.8, 4) is 0 Å². The minimum atomic E-state index is 0. The van der Waals surface area contributed by atoms with Crippen LogP contribution in [0.4, 0.5) is 0 Å². The summed E-state index contributed by atoms with van der Waals surface area (Å²) in [5.41, 5.74) is 0. The molecule has 1 N–H and O–H groups in total. The van der Waals surface area contributed by atoms with E-state index in [4.69, 9.17) is 14.6 Å². The van der Waals surface area contributed by atoms with E-state index in [0.717, 1.165) is 6.61 Å². The average molecular weight is 204 g/mol. The summed E-state index contributed by atoms with van der Waals surface area (Å²) in [6.07, 6.45) is 0. The van der Waals surface area contributed by atoms with Crippen LogP contribution in [-0.4, -0.2) is 75.9 Å². The predicted octanol–water partition coefficient (Wildman–Crippen LogP) is -0.248. The molecule has 0 radical (unpaired) electrons. The van der Waals surface area contributed by atoms with Crippen LogP contribution >= 0.6 is 0 Å². The van der Waals surface area contributed by atoms with Crippen LogP contribution in [0, 0.1) is 5.92 Å². The van der Waals surface area contributed by atoms with Crippen molar-refractivity contribution in [3.05, 3.63) is 0 Å². The molecule has 4 heteroatoms. The fourth-order valence-corrected chi connectivity index (χ4v) is 0.603. The molecule has 0 rings (SSSR count). The number of hydrogen-bond acceptors (Lipinski definition) is 3. The van der Waals surface area contributed by atoms with Gasteiger partial charge in [0.2, 0.25) is 0 Å². The molecule has 0 atom stereocenters. The van der Waals surface area contributed by atoms with Crippen molar-refractivity contribution in [1.82, 2.24) is 0 Å². The molecule has 0 unspecified atom stereocenters. The molecular formula is C8H20CaO3. The first-order chi connectivity index (χ1) is 5.27. The van der Waals surface area contributed by atoms with E-state index in [9.17, 15) is 0 Å². The van der Waals surface area contributed by atoms with E-state index in [1.165, 1.54) is 0 Å². The van der Waals surface area contributed by atoms with Crippen molar-refractivity contribution in [3.63, 3.8) is 0 Å². The van der Waals surface area contributed by atoms with Gasteiger partial charge in [-0.25, -0.2) is 0 Å². The normalized spacial score (nSPS) is 10.0. The summed E-state index contributed by atoms with van der Waals surface area (Å²) in [6.45, 7) is 6.69. The number of aliphatic hydroxyl groups excluding tert-OH is 1. The fourth-order valence-electron chi connectivity index (χ4n) is 0.603. The molecule has 0 aliphatic heterocycles. The van der Waals surface area contributed by atoms with Gasteiger partial charge in [-0.1, -0.05) is 13.8 Å². The molecule has 0 spiro atoms. The zero-order chi connectivity index (χ0) is 8.53. The summed E-state index contributed by atoms with van der Waals surface area (Å²) in [4.78, 5) is 0. The second kappa shape index (κ2) is 12.1. The first kappa shape index (κ1) is 15.6. The molecule has 0 saturated heterocycles. The number of rotatable bonds is 7. The van der Waals surface area contributed by atoms with Crippen LogP contribution in [0.5, 0.6) is 0 Å². The van der Waals surface area contributed by atoms with Crippen LogP contribution in [0.2, 0.25) is 0 Å². The van der Waals surface area contributed by atoms with E-state index >= 15 is 0 Å². The van der Waals surface area contributed by atoms with Gasteiger partial charge in [0, 0.05) is 6.61 Å². The Balaban J connectivity index is 0. The van der Waals surface area contributed by atoms with Crippen LogP contribution in [0.1, 0.15) is 13.8 Å². The average Bonchev–Trinajstić information content (AvgIpc) is 1.96. The van der Waals surface area contributed by atoms with E-state index in [1.54, 1.807) is 0 Å². The maximum atomic E-state index is 8.35. The Labute approximate surface area is 104 Å². The van der Waals surface area contributed by atoms with Gasteiger partial charge in [0.25, 0.3) is 0 Å². The van der Waals surface area contributed by atoms with Gasteiger partial charge in [0.1, 0.15) is 0 Å².